The summed E-state index contributed by atoms with van der Waals surface area (Å²) in [5.41, 5.74) is 1.61. The van der Waals surface area contributed by atoms with Crippen LogP contribution in [0.1, 0.15) is 37.1 Å². The molecule has 2 atom stereocenters. The first-order chi connectivity index (χ1) is 13.1. The topological polar surface area (TPSA) is 97.9 Å². The highest BCUT2D eigenvalue weighted by atomic mass is 16.5. The van der Waals surface area contributed by atoms with Crippen LogP contribution in [0.25, 0.3) is 11.5 Å². The Morgan fingerprint density at radius 3 is 2.67 bits per heavy atom. The van der Waals surface area contributed by atoms with Gasteiger partial charge in [-0.2, -0.15) is 4.98 Å². The van der Waals surface area contributed by atoms with Crippen LogP contribution in [0.3, 0.4) is 0 Å². The van der Waals surface area contributed by atoms with Crippen LogP contribution in [0.2, 0.25) is 0 Å². The van der Waals surface area contributed by atoms with Crippen molar-refractivity contribution >= 4 is 5.91 Å². The summed E-state index contributed by atoms with van der Waals surface area (Å²) in [5, 5.41) is 4.06. The molecular weight excluding hydrogens is 344 g/mol. The summed E-state index contributed by atoms with van der Waals surface area (Å²) in [7, 11) is 0. The summed E-state index contributed by atoms with van der Waals surface area (Å²) < 4.78 is 5.56. The third-order valence-corrected chi connectivity index (χ3v) is 4.79. The highest BCUT2D eigenvalue weighted by molar-refractivity contribution is 5.78. The maximum absolute atomic E-state index is 12.6. The van der Waals surface area contributed by atoms with Crippen molar-refractivity contribution in [2.75, 3.05) is 13.1 Å². The van der Waals surface area contributed by atoms with Crippen LogP contribution in [-0.2, 0) is 4.79 Å². The van der Waals surface area contributed by atoms with Gasteiger partial charge in [0.05, 0.1) is 12.1 Å². The maximum atomic E-state index is 12.6. The normalized spacial score (nSPS) is 19.6. The number of amides is 1. The van der Waals surface area contributed by atoms with Crippen LogP contribution in [0, 0.1) is 5.92 Å². The molecule has 4 rings (SSSR count). The second-order valence-corrected chi connectivity index (χ2v) is 6.94. The molecule has 138 valence electrons. The lowest BCUT2D eigenvalue weighted by Gasteiger charge is -2.18. The van der Waals surface area contributed by atoms with E-state index < -0.39 is 0 Å². The first kappa shape index (κ1) is 17.3. The fourth-order valence-electron chi connectivity index (χ4n) is 3.44. The summed E-state index contributed by atoms with van der Waals surface area (Å²) in [6.07, 6.45) is 8.35. The molecule has 1 saturated heterocycles. The molecule has 0 radical (unpaired) electrons. The van der Waals surface area contributed by atoms with Crippen molar-refractivity contribution in [3.8, 4) is 11.5 Å². The third kappa shape index (κ3) is 3.42. The number of rotatable bonds is 4. The Hall–Kier alpha value is -3.16. The molecule has 8 heteroatoms. The molecule has 4 heterocycles. The van der Waals surface area contributed by atoms with Crippen LogP contribution in [0.4, 0.5) is 0 Å². The number of carbonyl (C=O) groups excluding carboxylic acids is 1. The summed E-state index contributed by atoms with van der Waals surface area (Å²) in [4.78, 5) is 31.4. The average molecular weight is 364 g/mol. The van der Waals surface area contributed by atoms with Gasteiger partial charge in [0.1, 0.15) is 5.69 Å². The predicted molar refractivity (Wildman–Crippen MR) is 96.5 cm³/mol. The largest absolute Gasteiger partial charge is 0.341 e. The highest BCUT2D eigenvalue weighted by Crippen LogP contribution is 2.39. The Balaban J connectivity index is 1.66. The first-order valence-corrected chi connectivity index (χ1v) is 8.92. The Morgan fingerprint density at radius 2 is 1.96 bits per heavy atom. The Kier molecular flexibility index (Phi) is 4.62. The second kappa shape index (κ2) is 7.22. The number of nitrogens with zero attached hydrogens (tertiary/aromatic N) is 6. The van der Waals surface area contributed by atoms with Crippen LogP contribution in [0.15, 0.2) is 47.6 Å². The molecule has 8 nitrogen and oxygen atoms in total. The fourth-order valence-corrected chi connectivity index (χ4v) is 3.44. The van der Waals surface area contributed by atoms with Crippen molar-refractivity contribution in [3.05, 3.63) is 54.6 Å². The van der Waals surface area contributed by atoms with Gasteiger partial charge >= 0.3 is 0 Å². The predicted octanol–water partition coefficient (Wildman–Crippen LogP) is 2.29. The first-order valence-electron chi connectivity index (χ1n) is 8.92. The summed E-state index contributed by atoms with van der Waals surface area (Å²) in [6.45, 7) is 4.97. The number of aromatic nitrogens is 5. The van der Waals surface area contributed by atoms with Crippen LogP contribution >= 0.6 is 0 Å². The van der Waals surface area contributed by atoms with Crippen molar-refractivity contribution in [2.24, 2.45) is 5.92 Å². The Morgan fingerprint density at radius 1 is 1.15 bits per heavy atom. The van der Waals surface area contributed by atoms with Crippen LogP contribution in [-0.4, -0.2) is 49.0 Å². The zero-order chi connectivity index (χ0) is 18.8. The van der Waals surface area contributed by atoms with E-state index in [4.69, 9.17) is 4.52 Å². The molecule has 1 aliphatic rings. The minimum Gasteiger partial charge on any atom is -0.341 e. The second-order valence-electron chi connectivity index (χ2n) is 6.94. The zero-order valence-corrected chi connectivity index (χ0v) is 15.2. The molecule has 3 aromatic rings. The van der Waals surface area contributed by atoms with E-state index in [9.17, 15) is 4.79 Å². The van der Waals surface area contributed by atoms with Gasteiger partial charge in [0.2, 0.25) is 17.6 Å². The van der Waals surface area contributed by atoms with E-state index in [2.05, 4.69) is 25.1 Å². The minimum absolute atomic E-state index is 0.0524. The number of likely N-dealkylation sites (tertiary alicyclic amines) is 1. The lowest BCUT2D eigenvalue weighted by Crippen LogP contribution is -2.32. The highest BCUT2D eigenvalue weighted by Gasteiger charge is 2.40. The van der Waals surface area contributed by atoms with Gasteiger partial charge in [0.25, 0.3) is 0 Å². The molecule has 0 bridgehead atoms. The van der Waals surface area contributed by atoms with E-state index in [-0.39, 0.29) is 23.7 Å². The summed E-state index contributed by atoms with van der Waals surface area (Å²) in [6, 6.07) is 3.92. The average Bonchev–Trinajstić information content (AvgIpc) is 3.36. The van der Waals surface area contributed by atoms with Gasteiger partial charge in [-0.25, -0.2) is 4.98 Å². The van der Waals surface area contributed by atoms with Gasteiger partial charge in [0, 0.05) is 49.7 Å². The van der Waals surface area contributed by atoms with Crippen molar-refractivity contribution in [2.45, 2.75) is 25.7 Å². The Labute approximate surface area is 156 Å². The van der Waals surface area contributed by atoms with Gasteiger partial charge in [-0.1, -0.05) is 25.1 Å². The summed E-state index contributed by atoms with van der Waals surface area (Å²) >= 11 is 0. The van der Waals surface area contributed by atoms with Crippen molar-refractivity contribution in [1.29, 1.82) is 0 Å². The standard InChI is InChI=1S/C19H20N6O2/c1-12(2)19(26)25-10-14(13-4-3-5-20-8-13)15(11-25)18-23-17(24-27-18)16-9-21-6-7-22-16/h3-9,12,14-15H,10-11H2,1-2H3/t14-,15+/m0/s1. The minimum atomic E-state index is -0.0881. The van der Waals surface area contributed by atoms with Crippen molar-refractivity contribution < 1.29 is 9.32 Å². The zero-order valence-electron chi connectivity index (χ0n) is 15.2. The molecule has 27 heavy (non-hydrogen) atoms. The van der Waals surface area contributed by atoms with E-state index >= 15 is 0 Å². The lowest BCUT2D eigenvalue weighted by atomic mass is 9.90. The van der Waals surface area contributed by atoms with E-state index in [0.29, 0.717) is 30.5 Å². The van der Waals surface area contributed by atoms with E-state index in [0.717, 1.165) is 5.56 Å². The Bertz CT molecular complexity index is 912. The van der Waals surface area contributed by atoms with Crippen LogP contribution < -0.4 is 0 Å². The van der Waals surface area contributed by atoms with Crippen LogP contribution in [0.5, 0.6) is 0 Å². The lowest BCUT2D eigenvalue weighted by molar-refractivity contribution is -0.133. The van der Waals surface area contributed by atoms with Gasteiger partial charge < -0.3 is 9.42 Å². The fraction of sp³-hybridized carbons (Fsp3) is 0.368. The van der Waals surface area contributed by atoms with Gasteiger partial charge in [-0.15, -0.1) is 0 Å². The smallest absolute Gasteiger partial charge is 0.232 e. The van der Waals surface area contributed by atoms with Gasteiger partial charge in [-0.3, -0.25) is 14.8 Å². The monoisotopic (exact) mass is 364 g/mol. The molecule has 0 unspecified atom stereocenters. The molecule has 1 amide bonds. The molecule has 1 fully saturated rings. The SMILES string of the molecule is CC(C)C(=O)N1C[C@@H](c2cccnc2)[C@H](c2nc(-c3cnccn3)no2)C1. The number of carbonyl (C=O) groups is 1. The third-order valence-electron chi connectivity index (χ3n) is 4.79. The van der Waals surface area contributed by atoms with Crippen molar-refractivity contribution in [1.82, 2.24) is 30.0 Å². The molecule has 0 saturated carbocycles. The van der Waals surface area contributed by atoms with Gasteiger partial charge in [0.15, 0.2) is 0 Å². The van der Waals surface area contributed by atoms with E-state index in [1.54, 1.807) is 24.8 Å². The number of hydrogen-bond donors (Lipinski definition) is 0. The molecule has 3 aromatic heterocycles. The molecule has 0 N–H and O–H groups in total. The number of pyridine rings is 1. The summed E-state index contributed by atoms with van der Waals surface area (Å²) in [5.74, 6) is 0.933. The molecular formula is C19H20N6O2. The quantitative estimate of drug-likeness (QED) is 0.700. The van der Waals surface area contributed by atoms with E-state index in [1.165, 1.54) is 0 Å². The van der Waals surface area contributed by atoms with E-state index in [1.807, 2.05) is 37.1 Å². The van der Waals surface area contributed by atoms with Gasteiger partial charge in [-0.05, 0) is 11.6 Å². The number of hydrogen-bond acceptors (Lipinski definition) is 7. The van der Waals surface area contributed by atoms with Crippen molar-refractivity contribution in [3.63, 3.8) is 0 Å². The molecule has 1 aliphatic heterocycles. The molecule has 0 aromatic carbocycles. The molecule has 0 spiro atoms. The maximum Gasteiger partial charge on any atom is 0.232 e. The molecule has 0 aliphatic carbocycles.